The van der Waals surface area contributed by atoms with Gasteiger partial charge in [0.2, 0.25) is 0 Å². The van der Waals surface area contributed by atoms with Crippen LogP contribution in [0.25, 0.3) is 0 Å². The molecule has 0 aliphatic heterocycles. The lowest BCUT2D eigenvalue weighted by Gasteiger charge is -2.64. The molecular formula is C22H34O3. The van der Waals surface area contributed by atoms with Gasteiger partial charge in [0.25, 0.3) is 0 Å². The Morgan fingerprint density at radius 1 is 1.12 bits per heavy atom. The SMILES string of the molecule is CC[C@]1(O)CCC[C@@H]2[C@H]3CC[C@H]4CC(=O)CC[C@]4(C)[C@@H]3C(=O)C[C@@]21C. The van der Waals surface area contributed by atoms with Crippen molar-refractivity contribution in [2.45, 2.75) is 90.6 Å². The van der Waals surface area contributed by atoms with Gasteiger partial charge in [-0.15, -0.1) is 0 Å². The van der Waals surface area contributed by atoms with Crippen LogP contribution in [0.2, 0.25) is 0 Å². The number of carbonyl (C=O) groups is 2. The summed E-state index contributed by atoms with van der Waals surface area (Å²) in [5.41, 5.74) is -0.931. The number of Topliss-reactive ketones (excluding diaryl/α,β-unsaturated/α-hetero) is 2. The van der Waals surface area contributed by atoms with Gasteiger partial charge in [-0.05, 0) is 61.7 Å². The van der Waals surface area contributed by atoms with Crippen LogP contribution in [0.1, 0.15) is 85.0 Å². The minimum atomic E-state index is -0.684. The van der Waals surface area contributed by atoms with Crippen molar-refractivity contribution in [1.82, 2.24) is 0 Å². The third-order valence-electron chi connectivity index (χ3n) is 9.31. The Morgan fingerprint density at radius 3 is 2.60 bits per heavy atom. The van der Waals surface area contributed by atoms with Crippen molar-refractivity contribution in [3.05, 3.63) is 0 Å². The molecule has 4 rings (SSSR count). The van der Waals surface area contributed by atoms with Crippen molar-refractivity contribution in [3.8, 4) is 0 Å². The smallest absolute Gasteiger partial charge is 0.137 e. The zero-order valence-corrected chi connectivity index (χ0v) is 16.1. The Morgan fingerprint density at radius 2 is 1.88 bits per heavy atom. The maximum Gasteiger partial charge on any atom is 0.137 e. The molecule has 25 heavy (non-hydrogen) atoms. The van der Waals surface area contributed by atoms with E-state index in [-0.39, 0.29) is 16.7 Å². The summed E-state index contributed by atoms with van der Waals surface area (Å²) in [6.07, 6.45) is 8.78. The Hall–Kier alpha value is -0.700. The maximum absolute atomic E-state index is 13.4. The van der Waals surface area contributed by atoms with E-state index in [9.17, 15) is 14.7 Å². The van der Waals surface area contributed by atoms with Crippen LogP contribution in [0.3, 0.4) is 0 Å². The molecule has 7 atom stereocenters. The predicted octanol–water partition coefficient (Wildman–Crippen LogP) is 4.31. The van der Waals surface area contributed by atoms with Crippen LogP contribution in [-0.4, -0.2) is 22.3 Å². The number of hydrogen-bond acceptors (Lipinski definition) is 3. The lowest BCUT2D eigenvalue weighted by Crippen LogP contribution is -2.64. The van der Waals surface area contributed by atoms with Crippen molar-refractivity contribution in [2.24, 2.45) is 34.5 Å². The molecule has 4 aliphatic rings. The van der Waals surface area contributed by atoms with Gasteiger partial charge in [0.1, 0.15) is 11.6 Å². The highest BCUT2D eigenvalue weighted by Crippen LogP contribution is 2.66. The fourth-order valence-electron chi connectivity index (χ4n) is 7.75. The van der Waals surface area contributed by atoms with Crippen molar-refractivity contribution in [3.63, 3.8) is 0 Å². The van der Waals surface area contributed by atoms with Gasteiger partial charge in [0, 0.05) is 30.6 Å². The second kappa shape index (κ2) is 5.65. The average molecular weight is 347 g/mol. The summed E-state index contributed by atoms with van der Waals surface area (Å²) in [5, 5.41) is 11.4. The fourth-order valence-corrected chi connectivity index (χ4v) is 7.75. The number of carbonyl (C=O) groups excluding carboxylic acids is 2. The van der Waals surface area contributed by atoms with E-state index in [0.717, 1.165) is 44.9 Å². The van der Waals surface area contributed by atoms with E-state index < -0.39 is 5.60 Å². The lowest BCUT2D eigenvalue weighted by molar-refractivity contribution is -0.203. The normalized spacial score (nSPS) is 53.0. The van der Waals surface area contributed by atoms with E-state index in [1.54, 1.807) is 0 Å². The van der Waals surface area contributed by atoms with Gasteiger partial charge < -0.3 is 5.11 Å². The fraction of sp³-hybridized carbons (Fsp3) is 0.909. The highest BCUT2D eigenvalue weighted by molar-refractivity contribution is 5.85. The number of aliphatic hydroxyl groups is 1. The van der Waals surface area contributed by atoms with Crippen LogP contribution in [-0.2, 0) is 9.59 Å². The van der Waals surface area contributed by atoms with Gasteiger partial charge in [-0.25, -0.2) is 0 Å². The number of rotatable bonds is 1. The number of ketones is 2. The molecule has 0 aromatic rings. The Bertz CT molecular complexity index is 598. The largest absolute Gasteiger partial charge is 0.389 e. The monoisotopic (exact) mass is 346 g/mol. The van der Waals surface area contributed by atoms with Gasteiger partial charge in [-0.2, -0.15) is 0 Å². The van der Waals surface area contributed by atoms with E-state index in [1.165, 1.54) is 0 Å². The Kier molecular flexibility index (Phi) is 4.00. The van der Waals surface area contributed by atoms with Gasteiger partial charge in [-0.3, -0.25) is 9.59 Å². The highest BCUT2D eigenvalue weighted by atomic mass is 16.3. The minimum Gasteiger partial charge on any atom is -0.389 e. The first-order valence-corrected chi connectivity index (χ1v) is 10.5. The molecule has 140 valence electrons. The molecule has 4 fully saturated rings. The van der Waals surface area contributed by atoms with E-state index in [2.05, 4.69) is 20.8 Å². The molecule has 0 radical (unpaired) electrons. The van der Waals surface area contributed by atoms with Gasteiger partial charge in [0.15, 0.2) is 0 Å². The van der Waals surface area contributed by atoms with Gasteiger partial charge in [-0.1, -0.05) is 27.2 Å². The highest BCUT2D eigenvalue weighted by Gasteiger charge is 2.65. The Labute approximate surface area is 151 Å². The molecule has 0 aromatic heterocycles. The molecule has 0 saturated heterocycles. The average Bonchev–Trinajstić information content (AvgIpc) is 2.56. The molecule has 4 saturated carbocycles. The van der Waals surface area contributed by atoms with Crippen LogP contribution < -0.4 is 0 Å². The molecule has 3 heteroatoms. The van der Waals surface area contributed by atoms with Crippen molar-refractivity contribution >= 4 is 11.6 Å². The van der Waals surface area contributed by atoms with Crippen molar-refractivity contribution in [2.75, 3.05) is 0 Å². The summed E-state index contributed by atoms with van der Waals surface area (Å²) in [6.45, 7) is 6.58. The summed E-state index contributed by atoms with van der Waals surface area (Å²) >= 11 is 0. The van der Waals surface area contributed by atoms with Crippen LogP contribution in [0.4, 0.5) is 0 Å². The van der Waals surface area contributed by atoms with Crippen LogP contribution in [0.5, 0.6) is 0 Å². The second-order valence-electron chi connectivity index (χ2n) is 10.1. The summed E-state index contributed by atoms with van der Waals surface area (Å²) in [5.74, 6) is 2.18. The summed E-state index contributed by atoms with van der Waals surface area (Å²) in [6, 6.07) is 0. The van der Waals surface area contributed by atoms with Crippen molar-refractivity contribution < 1.29 is 14.7 Å². The van der Waals surface area contributed by atoms with E-state index in [0.29, 0.717) is 48.6 Å². The number of hydrogen-bond donors (Lipinski definition) is 1. The molecule has 0 heterocycles. The zero-order valence-electron chi connectivity index (χ0n) is 16.1. The minimum absolute atomic E-state index is 0.0109. The zero-order chi connectivity index (χ0) is 18.0. The molecular weight excluding hydrogens is 312 g/mol. The van der Waals surface area contributed by atoms with Crippen LogP contribution in [0.15, 0.2) is 0 Å². The van der Waals surface area contributed by atoms with Crippen molar-refractivity contribution in [1.29, 1.82) is 0 Å². The first kappa shape index (κ1) is 17.7. The van der Waals surface area contributed by atoms with E-state index in [1.807, 2.05) is 0 Å². The first-order valence-electron chi connectivity index (χ1n) is 10.5. The molecule has 0 amide bonds. The molecule has 0 bridgehead atoms. The van der Waals surface area contributed by atoms with Gasteiger partial charge >= 0.3 is 0 Å². The second-order valence-corrected chi connectivity index (χ2v) is 10.1. The standard InChI is InChI=1S/C22H34O3/c1-4-22(25)10-5-6-17-16-8-7-14-12-15(23)9-11-20(14,2)19(16)18(24)13-21(17,22)3/h14,16-17,19,25H,4-13H2,1-3H3/t14-,16+,17+,19-,20-,21-,22-/m0/s1. The third kappa shape index (κ3) is 2.27. The summed E-state index contributed by atoms with van der Waals surface area (Å²) in [4.78, 5) is 25.4. The molecule has 1 N–H and O–H groups in total. The third-order valence-corrected chi connectivity index (χ3v) is 9.31. The van der Waals surface area contributed by atoms with Crippen LogP contribution >= 0.6 is 0 Å². The van der Waals surface area contributed by atoms with E-state index >= 15 is 0 Å². The molecule has 4 aliphatic carbocycles. The molecule has 3 nitrogen and oxygen atoms in total. The summed E-state index contributed by atoms with van der Waals surface area (Å²) < 4.78 is 0. The maximum atomic E-state index is 13.4. The lowest BCUT2D eigenvalue weighted by atomic mass is 9.40. The van der Waals surface area contributed by atoms with Gasteiger partial charge in [0.05, 0.1) is 5.60 Å². The molecule has 0 aromatic carbocycles. The molecule has 0 spiro atoms. The predicted molar refractivity (Wildman–Crippen MR) is 97.0 cm³/mol. The Balaban J connectivity index is 1.72. The first-order chi connectivity index (χ1) is 11.7. The van der Waals surface area contributed by atoms with Crippen LogP contribution in [0, 0.1) is 34.5 Å². The quantitative estimate of drug-likeness (QED) is 0.770. The summed E-state index contributed by atoms with van der Waals surface area (Å²) in [7, 11) is 0. The molecule has 0 unspecified atom stereocenters. The van der Waals surface area contributed by atoms with E-state index in [4.69, 9.17) is 0 Å². The number of fused-ring (bicyclic) bond motifs is 5. The topological polar surface area (TPSA) is 54.4 Å².